The highest BCUT2D eigenvalue weighted by Crippen LogP contribution is 2.53. The smallest absolute Gasteiger partial charge is 0.347 e. The Hall–Kier alpha value is -7.19. The molecule has 76 heavy (non-hydrogen) atoms. The quantitative estimate of drug-likeness (QED) is 0.0260. The summed E-state index contributed by atoms with van der Waals surface area (Å²) in [4.78, 5) is 33.4. The number of fused-ring (bicyclic) bond motifs is 1. The van der Waals surface area contributed by atoms with Crippen LogP contribution in [0, 0.1) is 19.7 Å². The van der Waals surface area contributed by atoms with Gasteiger partial charge in [0.1, 0.15) is 59.3 Å². The third-order valence-corrected chi connectivity index (χ3v) is 15.0. The molecule has 0 bridgehead atoms. The fourth-order valence-corrected chi connectivity index (χ4v) is 10.9. The van der Waals surface area contributed by atoms with Crippen LogP contribution in [-0.2, 0) is 47.4 Å². The molecule has 20 heteroatoms. The number of rotatable bonds is 24. The fraction of sp³-hybridized carbons (Fsp3) is 0.232. The predicted octanol–water partition coefficient (Wildman–Crippen LogP) is 11.9. The van der Waals surface area contributed by atoms with Crippen molar-refractivity contribution < 1.29 is 55.3 Å². The third-order valence-electron chi connectivity index (χ3n) is 11.8. The molecule has 1 N–H and O–H groups in total. The van der Waals surface area contributed by atoms with Crippen LogP contribution < -0.4 is 18.9 Å². The molecule has 5 aromatic carbocycles. The van der Waals surface area contributed by atoms with E-state index in [0.29, 0.717) is 82.6 Å². The van der Waals surface area contributed by atoms with Crippen LogP contribution in [0.5, 0.6) is 28.9 Å². The number of halogens is 3. The maximum absolute atomic E-state index is 14.5. The Bertz CT molecular complexity index is 3450. The van der Waals surface area contributed by atoms with Gasteiger partial charge in [-0.25, -0.2) is 29.1 Å². The molecule has 0 aliphatic rings. The standard InChI is InChI=1S/C56H51Cl2FN4O11S2/c1-6-25-69-29-41(30-72-76(66,67)31-35-13-9-8-10-14-35)73-51-49(57)33(3)46(34(4)50(51)58)47-48-54(61-32-62-55(48)75-52(47)36-17-19-38(59)20-18-36)74-45(56(65)70-7-2)27-37-26-40(64)21-22-43(37)71-28-39-23-24-60-53(63-39)42-15-11-12-16-44(42)68-5/h6,8-24,26,32,41,45,64H,1,7,25,27-31H2,2-5H3/t41-,45-/m1/s1. The summed E-state index contributed by atoms with van der Waals surface area (Å²) in [7, 11) is -2.50. The Labute approximate surface area is 452 Å². The second kappa shape index (κ2) is 25.1. The number of aromatic nitrogens is 4. The van der Waals surface area contributed by atoms with Crippen molar-refractivity contribution in [2.75, 3.05) is 33.5 Å². The van der Waals surface area contributed by atoms with Gasteiger partial charge in [0.25, 0.3) is 10.1 Å². The van der Waals surface area contributed by atoms with Gasteiger partial charge in [0.05, 0.1) is 53.6 Å². The largest absolute Gasteiger partial charge is 0.508 e. The molecule has 0 aliphatic heterocycles. The van der Waals surface area contributed by atoms with E-state index in [0.717, 1.165) is 0 Å². The summed E-state index contributed by atoms with van der Waals surface area (Å²) in [6, 6.07) is 28.1. The number of thiophene rings is 1. The first-order valence-corrected chi connectivity index (χ1v) is 26.8. The van der Waals surface area contributed by atoms with Crippen LogP contribution >= 0.6 is 34.5 Å². The Kier molecular flexibility index (Phi) is 18.2. The Balaban J connectivity index is 1.16. The number of esters is 1. The van der Waals surface area contributed by atoms with E-state index in [9.17, 15) is 22.7 Å². The molecule has 394 valence electrons. The summed E-state index contributed by atoms with van der Waals surface area (Å²) in [5, 5.41) is 11.3. The van der Waals surface area contributed by atoms with Gasteiger partial charge in [-0.3, -0.25) is 4.18 Å². The molecule has 2 atom stereocenters. The van der Waals surface area contributed by atoms with Crippen molar-refractivity contribution in [1.82, 2.24) is 19.9 Å². The third kappa shape index (κ3) is 13.1. The molecule has 0 aliphatic carbocycles. The number of methoxy groups -OCH3 is 1. The molecular formula is C56H51Cl2FN4O11S2. The zero-order chi connectivity index (χ0) is 53.9. The minimum Gasteiger partial charge on any atom is -0.508 e. The number of hydrogen-bond donors (Lipinski definition) is 1. The number of phenols is 1. The van der Waals surface area contributed by atoms with E-state index in [-0.39, 0.29) is 66.0 Å². The zero-order valence-electron chi connectivity index (χ0n) is 41.6. The highest BCUT2D eigenvalue weighted by atomic mass is 35.5. The molecule has 15 nitrogen and oxygen atoms in total. The molecular weight excluding hydrogens is 1060 g/mol. The van der Waals surface area contributed by atoms with E-state index in [2.05, 4.69) is 21.5 Å². The van der Waals surface area contributed by atoms with Crippen molar-refractivity contribution in [3.8, 4) is 61.8 Å². The van der Waals surface area contributed by atoms with Crippen LogP contribution in [0.15, 0.2) is 128 Å². The number of carbonyl (C=O) groups is 1. The molecule has 0 fully saturated rings. The van der Waals surface area contributed by atoms with Gasteiger partial charge in [0, 0.05) is 28.6 Å². The second-order valence-electron chi connectivity index (χ2n) is 17.0. The van der Waals surface area contributed by atoms with Crippen LogP contribution in [-0.4, -0.2) is 85.2 Å². The van der Waals surface area contributed by atoms with Crippen LogP contribution in [0.25, 0.3) is 43.2 Å². The molecule has 0 amide bonds. The average Bonchev–Trinajstić information content (AvgIpc) is 3.84. The van der Waals surface area contributed by atoms with Gasteiger partial charge in [-0.05, 0) is 97.1 Å². The first kappa shape index (κ1) is 55.1. The van der Waals surface area contributed by atoms with E-state index < -0.39 is 40.7 Å². The molecule has 3 heterocycles. The van der Waals surface area contributed by atoms with Gasteiger partial charge in [-0.1, -0.05) is 83.9 Å². The molecule has 8 aromatic rings. The van der Waals surface area contributed by atoms with Crippen LogP contribution in [0.3, 0.4) is 0 Å². The number of benzene rings is 5. The number of para-hydroxylation sites is 1. The predicted molar refractivity (Wildman–Crippen MR) is 289 cm³/mol. The highest BCUT2D eigenvalue weighted by molar-refractivity contribution is 7.85. The highest BCUT2D eigenvalue weighted by Gasteiger charge is 2.32. The number of hydrogen-bond acceptors (Lipinski definition) is 16. The average molecular weight is 1110 g/mol. The molecule has 0 spiro atoms. The number of phenolic OH excluding ortho intramolecular Hbond substituents is 1. The minimum atomic E-state index is -4.07. The Morgan fingerprint density at radius 3 is 2.34 bits per heavy atom. The molecule has 3 aromatic heterocycles. The number of carbonyl (C=O) groups excluding carboxylic acids is 1. The van der Waals surface area contributed by atoms with Crippen LogP contribution in [0.2, 0.25) is 10.0 Å². The van der Waals surface area contributed by atoms with Gasteiger partial charge in [-0.2, -0.15) is 8.42 Å². The summed E-state index contributed by atoms with van der Waals surface area (Å²) in [6.07, 6.45) is 1.90. The molecule has 0 radical (unpaired) electrons. The van der Waals surface area contributed by atoms with Crippen molar-refractivity contribution >= 4 is 60.8 Å². The normalized spacial score (nSPS) is 12.2. The van der Waals surface area contributed by atoms with E-state index in [1.165, 1.54) is 48.0 Å². The number of nitrogens with zero attached hydrogens (tertiary/aromatic N) is 4. The maximum Gasteiger partial charge on any atom is 0.347 e. The number of aromatic hydroxyl groups is 1. The zero-order valence-corrected chi connectivity index (χ0v) is 44.8. The molecule has 0 unspecified atom stereocenters. The fourth-order valence-electron chi connectivity index (χ4n) is 8.22. The van der Waals surface area contributed by atoms with Crippen molar-refractivity contribution in [3.63, 3.8) is 0 Å². The first-order valence-electron chi connectivity index (χ1n) is 23.7. The van der Waals surface area contributed by atoms with E-state index in [1.807, 2.05) is 24.3 Å². The minimum absolute atomic E-state index is 0.00777. The SMILES string of the molecule is C=CCOC[C@H](COS(=O)(=O)Cc1ccccc1)Oc1c(Cl)c(C)c(-c2c(-c3ccc(F)cc3)sc3ncnc(O[C@H](Cc4cc(O)ccc4OCc4ccnc(-c5ccccc5OC)n4)C(=O)OCC)c23)c(C)c1Cl. The van der Waals surface area contributed by atoms with Crippen molar-refractivity contribution in [2.45, 2.75) is 51.8 Å². The maximum atomic E-state index is 14.5. The van der Waals surface area contributed by atoms with E-state index >= 15 is 0 Å². The van der Waals surface area contributed by atoms with Crippen molar-refractivity contribution in [3.05, 3.63) is 172 Å². The van der Waals surface area contributed by atoms with Gasteiger partial charge in [0.15, 0.2) is 11.6 Å². The molecule has 8 rings (SSSR count). The molecule has 0 saturated heterocycles. The number of ether oxygens (including phenoxy) is 6. The van der Waals surface area contributed by atoms with Crippen LogP contribution in [0.1, 0.15) is 34.9 Å². The van der Waals surface area contributed by atoms with Gasteiger partial charge in [-0.15, -0.1) is 17.9 Å². The van der Waals surface area contributed by atoms with Crippen molar-refractivity contribution in [2.24, 2.45) is 0 Å². The Morgan fingerprint density at radius 2 is 1.62 bits per heavy atom. The summed E-state index contributed by atoms with van der Waals surface area (Å²) in [5.41, 5.74) is 4.74. The monoisotopic (exact) mass is 1110 g/mol. The van der Waals surface area contributed by atoms with Crippen molar-refractivity contribution in [1.29, 1.82) is 0 Å². The van der Waals surface area contributed by atoms with Gasteiger partial charge in [0.2, 0.25) is 12.0 Å². The lowest BCUT2D eigenvalue weighted by molar-refractivity contribution is -0.151. The lowest BCUT2D eigenvalue weighted by Crippen LogP contribution is -2.32. The first-order chi connectivity index (χ1) is 36.7. The van der Waals surface area contributed by atoms with E-state index in [1.54, 1.807) is 88.7 Å². The summed E-state index contributed by atoms with van der Waals surface area (Å²) in [5.74, 6) is -0.283. The Morgan fingerprint density at radius 1 is 0.882 bits per heavy atom. The van der Waals surface area contributed by atoms with Gasteiger partial charge < -0.3 is 33.5 Å². The summed E-state index contributed by atoms with van der Waals surface area (Å²) in [6.45, 7) is 8.46. The molecule has 0 saturated carbocycles. The lowest BCUT2D eigenvalue weighted by atomic mass is 9.92. The summed E-state index contributed by atoms with van der Waals surface area (Å²) < 4.78 is 82.4. The summed E-state index contributed by atoms with van der Waals surface area (Å²) >= 11 is 15.8. The topological polar surface area (TPSA) is 188 Å². The van der Waals surface area contributed by atoms with Crippen LogP contribution in [0.4, 0.5) is 4.39 Å². The van der Waals surface area contributed by atoms with E-state index in [4.69, 9.17) is 60.8 Å². The lowest BCUT2D eigenvalue weighted by Gasteiger charge is -2.24. The van der Waals surface area contributed by atoms with Gasteiger partial charge >= 0.3 is 5.97 Å². The second-order valence-corrected chi connectivity index (χ2v) is 20.4.